The summed E-state index contributed by atoms with van der Waals surface area (Å²) in [5, 5.41) is 8.44. The van der Waals surface area contributed by atoms with Crippen LogP contribution in [0.4, 0.5) is 5.00 Å². The Balaban J connectivity index is 1.49. The van der Waals surface area contributed by atoms with Gasteiger partial charge in [-0.15, -0.1) is 11.3 Å². The summed E-state index contributed by atoms with van der Waals surface area (Å²) in [6.07, 6.45) is 3.88. The Bertz CT molecular complexity index is 764. The van der Waals surface area contributed by atoms with Crippen molar-refractivity contribution in [3.05, 3.63) is 52.4 Å². The number of amides is 2. The molecule has 1 heterocycles. The average Bonchev–Trinajstić information content (AvgIpc) is 3.09. The first-order valence-electron chi connectivity index (χ1n) is 7.99. The molecule has 1 saturated carbocycles. The average molecular weight is 326 g/mol. The molecule has 0 spiro atoms. The van der Waals surface area contributed by atoms with Gasteiger partial charge in [-0.3, -0.25) is 9.59 Å². The molecular weight excluding hydrogens is 308 g/mol. The lowest BCUT2D eigenvalue weighted by Crippen LogP contribution is -2.27. The number of nitrogens with one attached hydrogen (secondary N) is 2. The van der Waals surface area contributed by atoms with E-state index in [4.69, 9.17) is 0 Å². The fraction of sp³-hybridized carbons (Fsp3) is 0.333. The van der Waals surface area contributed by atoms with Gasteiger partial charge in [0.15, 0.2) is 0 Å². The highest BCUT2D eigenvalue weighted by atomic mass is 32.1. The number of carbonyl (C=O) groups excluding carboxylic acids is 2. The maximum atomic E-state index is 12.6. The number of hydrogen-bond acceptors (Lipinski definition) is 3. The Morgan fingerprint density at radius 3 is 2.74 bits per heavy atom. The highest BCUT2D eigenvalue weighted by Crippen LogP contribution is 2.35. The van der Waals surface area contributed by atoms with Crippen LogP contribution < -0.4 is 10.6 Å². The van der Waals surface area contributed by atoms with E-state index in [1.807, 2.05) is 23.6 Å². The smallest absolute Gasteiger partial charge is 0.254 e. The van der Waals surface area contributed by atoms with Crippen molar-refractivity contribution in [3.8, 4) is 0 Å². The van der Waals surface area contributed by atoms with E-state index in [1.165, 1.54) is 16.9 Å². The fourth-order valence-corrected chi connectivity index (χ4v) is 3.89. The molecule has 1 fully saturated rings. The van der Waals surface area contributed by atoms with Crippen LogP contribution in [0.15, 0.2) is 35.7 Å². The maximum Gasteiger partial charge on any atom is 0.254 e. The van der Waals surface area contributed by atoms with E-state index >= 15 is 0 Å². The molecule has 1 aromatic carbocycles. The van der Waals surface area contributed by atoms with Gasteiger partial charge in [0.25, 0.3) is 5.91 Å². The molecule has 1 unspecified atom stereocenters. The molecule has 23 heavy (non-hydrogen) atoms. The summed E-state index contributed by atoms with van der Waals surface area (Å²) in [6.45, 7) is 0. The second kappa shape index (κ2) is 5.81. The number of carbonyl (C=O) groups is 2. The number of aryl methyl sites for hydroxylation is 1. The molecule has 0 saturated heterocycles. The normalized spacial score (nSPS) is 19.2. The summed E-state index contributed by atoms with van der Waals surface area (Å²) in [5.41, 5.74) is 2.94. The van der Waals surface area contributed by atoms with Crippen LogP contribution in [0.2, 0.25) is 0 Å². The predicted molar refractivity (Wildman–Crippen MR) is 90.9 cm³/mol. The van der Waals surface area contributed by atoms with Gasteiger partial charge in [-0.25, -0.2) is 0 Å². The predicted octanol–water partition coefficient (Wildman–Crippen LogP) is 3.31. The number of thiophene rings is 1. The monoisotopic (exact) mass is 326 g/mol. The standard InChI is InChI=1S/C18H18N2O2S/c21-16(14-8-5-11-3-1-2-4-13(11)14)20-18-15(9-10-23-18)17(22)19-12-6-7-12/h1-4,9-10,12,14H,5-8H2,(H,19,22)(H,20,21). The highest BCUT2D eigenvalue weighted by Gasteiger charge is 2.30. The minimum Gasteiger partial charge on any atom is -0.349 e. The van der Waals surface area contributed by atoms with Crippen molar-refractivity contribution in [3.63, 3.8) is 0 Å². The van der Waals surface area contributed by atoms with Gasteiger partial charge in [-0.05, 0) is 48.3 Å². The van der Waals surface area contributed by atoms with Gasteiger partial charge in [-0.2, -0.15) is 0 Å². The Hall–Kier alpha value is -2.14. The molecular formula is C18H18N2O2S. The molecule has 2 amide bonds. The third-order valence-electron chi connectivity index (χ3n) is 4.51. The van der Waals surface area contributed by atoms with Crippen LogP contribution in [0.5, 0.6) is 0 Å². The first kappa shape index (κ1) is 14.5. The first-order chi connectivity index (χ1) is 11.2. The molecule has 2 aromatic rings. The third kappa shape index (κ3) is 2.88. The van der Waals surface area contributed by atoms with Crippen molar-refractivity contribution in [1.29, 1.82) is 0 Å². The second-order valence-corrected chi connectivity index (χ2v) is 7.11. The molecule has 4 nitrogen and oxygen atoms in total. The van der Waals surface area contributed by atoms with Gasteiger partial charge in [0.05, 0.1) is 11.5 Å². The summed E-state index contributed by atoms with van der Waals surface area (Å²) in [7, 11) is 0. The number of rotatable bonds is 4. The summed E-state index contributed by atoms with van der Waals surface area (Å²) in [5.74, 6) is -0.221. The zero-order valence-corrected chi connectivity index (χ0v) is 13.5. The van der Waals surface area contributed by atoms with Gasteiger partial charge < -0.3 is 10.6 Å². The van der Waals surface area contributed by atoms with Gasteiger partial charge >= 0.3 is 0 Å². The van der Waals surface area contributed by atoms with Crippen LogP contribution in [-0.2, 0) is 11.2 Å². The molecule has 0 bridgehead atoms. The molecule has 0 aliphatic heterocycles. The van der Waals surface area contributed by atoms with Crippen LogP contribution in [0.1, 0.15) is 46.7 Å². The Kier molecular flexibility index (Phi) is 3.65. The van der Waals surface area contributed by atoms with E-state index < -0.39 is 0 Å². The van der Waals surface area contributed by atoms with E-state index in [2.05, 4.69) is 16.7 Å². The molecule has 5 heteroatoms. The lowest BCUT2D eigenvalue weighted by Gasteiger charge is -2.12. The second-order valence-electron chi connectivity index (χ2n) is 6.19. The Labute approximate surface area is 138 Å². The fourth-order valence-electron chi connectivity index (χ4n) is 3.10. The van der Waals surface area contributed by atoms with Crippen molar-refractivity contribution < 1.29 is 9.59 Å². The number of benzene rings is 1. The van der Waals surface area contributed by atoms with Gasteiger partial charge in [0.1, 0.15) is 5.00 Å². The van der Waals surface area contributed by atoms with E-state index in [-0.39, 0.29) is 17.7 Å². The van der Waals surface area contributed by atoms with Crippen LogP contribution in [0, 0.1) is 0 Å². The van der Waals surface area contributed by atoms with Gasteiger partial charge in [-0.1, -0.05) is 24.3 Å². The molecule has 2 aliphatic carbocycles. The summed E-state index contributed by atoms with van der Waals surface area (Å²) < 4.78 is 0. The molecule has 1 aromatic heterocycles. The SMILES string of the molecule is O=C(NC1CC1)c1ccsc1NC(=O)C1CCc2ccccc21. The zero-order valence-electron chi connectivity index (χ0n) is 12.7. The van der Waals surface area contributed by atoms with E-state index in [0.29, 0.717) is 16.6 Å². The first-order valence-corrected chi connectivity index (χ1v) is 8.87. The third-order valence-corrected chi connectivity index (χ3v) is 5.34. The minimum absolute atomic E-state index is 0.0159. The van der Waals surface area contributed by atoms with Crippen LogP contribution in [-0.4, -0.2) is 17.9 Å². The lowest BCUT2D eigenvalue weighted by atomic mass is 10.0. The maximum absolute atomic E-state index is 12.6. The van der Waals surface area contributed by atoms with Crippen molar-refractivity contribution in [1.82, 2.24) is 5.32 Å². The summed E-state index contributed by atoms with van der Waals surface area (Å²) in [4.78, 5) is 24.9. The van der Waals surface area contributed by atoms with Crippen molar-refractivity contribution >= 4 is 28.2 Å². The molecule has 2 N–H and O–H groups in total. The zero-order chi connectivity index (χ0) is 15.8. The lowest BCUT2D eigenvalue weighted by molar-refractivity contribution is -0.117. The summed E-state index contributed by atoms with van der Waals surface area (Å²) in [6, 6.07) is 10.2. The van der Waals surface area contributed by atoms with Crippen molar-refractivity contribution in [2.45, 2.75) is 37.6 Å². The number of anilines is 1. The number of fused-ring (bicyclic) bond motifs is 1. The molecule has 4 rings (SSSR count). The Morgan fingerprint density at radius 1 is 1.09 bits per heavy atom. The largest absolute Gasteiger partial charge is 0.349 e. The van der Waals surface area contributed by atoms with Crippen LogP contribution >= 0.6 is 11.3 Å². The highest BCUT2D eigenvalue weighted by molar-refractivity contribution is 7.14. The molecule has 118 valence electrons. The Morgan fingerprint density at radius 2 is 1.91 bits per heavy atom. The van der Waals surface area contributed by atoms with Crippen LogP contribution in [0.3, 0.4) is 0 Å². The molecule has 1 atom stereocenters. The molecule has 0 radical (unpaired) electrons. The van der Waals surface area contributed by atoms with E-state index in [1.54, 1.807) is 6.07 Å². The van der Waals surface area contributed by atoms with E-state index in [0.717, 1.165) is 31.2 Å². The van der Waals surface area contributed by atoms with Crippen molar-refractivity contribution in [2.24, 2.45) is 0 Å². The van der Waals surface area contributed by atoms with Gasteiger partial charge in [0, 0.05) is 6.04 Å². The quantitative estimate of drug-likeness (QED) is 0.905. The van der Waals surface area contributed by atoms with Crippen LogP contribution in [0.25, 0.3) is 0 Å². The van der Waals surface area contributed by atoms with Crippen molar-refractivity contribution in [2.75, 3.05) is 5.32 Å². The van der Waals surface area contributed by atoms with E-state index in [9.17, 15) is 9.59 Å². The van der Waals surface area contributed by atoms with Gasteiger partial charge in [0.2, 0.25) is 5.91 Å². The topological polar surface area (TPSA) is 58.2 Å². The number of hydrogen-bond donors (Lipinski definition) is 2. The summed E-state index contributed by atoms with van der Waals surface area (Å²) >= 11 is 1.40. The minimum atomic E-state index is -0.118. The molecule has 2 aliphatic rings.